The van der Waals surface area contributed by atoms with E-state index in [1.165, 1.54) is 4.90 Å². The van der Waals surface area contributed by atoms with Crippen molar-refractivity contribution in [3.63, 3.8) is 0 Å². The highest BCUT2D eigenvalue weighted by Gasteiger charge is 2.51. The molecule has 0 spiro atoms. The topological polar surface area (TPSA) is 69.7 Å². The van der Waals surface area contributed by atoms with E-state index in [-0.39, 0.29) is 5.91 Å². The van der Waals surface area contributed by atoms with E-state index >= 15 is 0 Å². The van der Waals surface area contributed by atoms with Crippen LogP contribution in [0.5, 0.6) is 0 Å². The Morgan fingerprint density at radius 3 is 2.38 bits per heavy atom. The van der Waals surface area contributed by atoms with Crippen LogP contribution in [0, 0.1) is 11.3 Å². The largest absolute Gasteiger partial charge is 0.330 e. The van der Waals surface area contributed by atoms with Crippen molar-refractivity contribution in [2.45, 2.75) is 40.0 Å². The Morgan fingerprint density at radius 2 is 1.86 bits per heavy atom. The highest BCUT2D eigenvalue weighted by atomic mass is 16.2. The normalized spacial score (nSPS) is 26.3. The van der Waals surface area contributed by atoms with E-state index < -0.39 is 17.4 Å². The Labute approximate surface area is 125 Å². The summed E-state index contributed by atoms with van der Waals surface area (Å²) in [6.07, 6.45) is 1.83. The summed E-state index contributed by atoms with van der Waals surface area (Å²) in [6.45, 7) is 9.08. The minimum absolute atomic E-state index is 0.305. The molecule has 0 radical (unpaired) electrons. The first-order chi connectivity index (χ1) is 9.98. The number of hydrogen-bond donors (Lipinski definition) is 1. The van der Waals surface area contributed by atoms with Crippen LogP contribution in [0.4, 0.5) is 4.79 Å². The maximum Gasteiger partial charge on any atom is 0.330 e. The SMILES string of the molecule is CCN1CCC(CN2C(=O)NC(=O)C(CC)(CC)C2=O)C1. The zero-order valence-corrected chi connectivity index (χ0v) is 13.1. The summed E-state index contributed by atoms with van der Waals surface area (Å²) in [5.74, 6) is -0.462. The third-order valence-corrected chi connectivity index (χ3v) is 5.02. The van der Waals surface area contributed by atoms with E-state index in [4.69, 9.17) is 0 Å². The molecule has 118 valence electrons. The van der Waals surface area contributed by atoms with Gasteiger partial charge in [0.1, 0.15) is 5.41 Å². The van der Waals surface area contributed by atoms with Crippen molar-refractivity contribution >= 4 is 17.8 Å². The van der Waals surface area contributed by atoms with E-state index in [0.29, 0.717) is 25.3 Å². The van der Waals surface area contributed by atoms with Crippen molar-refractivity contribution in [1.82, 2.24) is 15.1 Å². The van der Waals surface area contributed by atoms with E-state index in [2.05, 4.69) is 17.1 Å². The van der Waals surface area contributed by atoms with Gasteiger partial charge in [0, 0.05) is 13.1 Å². The van der Waals surface area contributed by atoms with Gasteiger partial charge < -0.3 is 4.90 Å². The quantitative estimate of drug-likeness (QED) is 0.774. The third-order valence-electron chi connectivity index (χ3n) is 5.02. The second kappa shape index (κ2) is 6.13. The molecule has 0 aliphatic carbocycles. The molecule has 2 aliphatic rings. The van der Waals surface area contributed by atoms with Crippen LogP contribution < -0.4 is 5.32 Å². The molecule has 1 N–H and O–H groups in total. The fourth-order valence-corrected chi connectivity index (χ4v) is 3.38. The molecule has 2 fully saturated rings. The van der Waals surface area contributed by atoms with Gasteiger partial charge in [0.15, 0.2) is 0 Å². The summed E-state index contributed by atoms with van der Waals surface area (Å²) < 4.78 is 0. The van der Waals surface area contributed by atoms with Crippen LogP contribution in [0.25, 0.3) is 0 Å². The molecule has 0 saturated carbocycles. The number of nitrogens with zero attached hydrogens (tertiary/aromatic N) is 2. The van der Waals surface area contributed by atoms with E-state index in [9.17, 15) is 14.4 Å². The molecular formula is C15H25N3O3. The first-order valence-electron chi connectivity index (χ1n) is 7.88. The summed E-state index contributed by atoms with van der Waals surface area (Å²) >= 11 is 0. The van der Waals surface area contributed by atoms with Gasteiger partial charge in [-0.05, 0) is 38.3 Å². The lowest BCUT2D eigenvalue weighted by molar-refractivity contribution is -0.152. The average molecular weight is 295 g/mol. The Bertz CT molecular complexity index is 445. The number of amides is 4. The Morgan fingerprint density at radius 1 is 1.19 bits per heavy atom. The van der Waals surface area contributed by atoms with Crippen molar-refractivity contribution in [2.24, 2.45) is 11.3 Å². The minimum atomic E-state index is -1.07. The summed E-state index contributed by atoms with van der Waals surface area (Å²) in [5, 5.41) is 2.37. The minimum Gasteiger partial charge on any atom is -0.303 e. The van der Waals surface area contributed by atoms with Gasteiger partial charge in [0.25, 0.3) is 0 Å². The van der Waals surface area contributed by atoms with Crippen LogP contribution in [-0.2, 0) is 9.59 Å². The second-order valence-electron chi connectivity index (χ2n) is 6.01. The standard InChI is InChI=1S/C15H25N3O3/c1-4-15(5-2)12(19)16-14(21)18(13(15)20)10-11-7-8-17(6-3)9-11/h11H,4-10H2,1-3H3,(H,16,19,21). The average Bonchev–Trinajstić information content (AvgIpc) is 2.92. The lowest BCUT2D eigenvalue weighted by Gasteiger charge is -2.39. The molecule has 2 heterocycles. The molecule has 1 unspecified atom stereocenters. The van der Waals surface area contributed by atoms with Crippen LogP contribution in [0.1, 0.15) is 40.0 Å². The van der Waals surface area contributed by atoms with Gasteiger partial charge in [-0.1, -0.05) is 20.8 Å². The van der Waals surface area contributed by atoms with Crippen LogP contribution in [0.2, 0.25) is 0 Å². The molecule has 0 aromatic rings. The van der Waals surface area contributed by atoms with Crippen molar-refractivity contribution < 1.29 is 14.4 Å². The Hall–Kier alpha value is -1.43. The van der Waals surface area contributed by atoms with Crippen LogP contribution in [-0.4, -0.2) is 53.8 Å². The molecule has 21 heavy (non-hydrogen) atoms. The lowest BCUT2D eigenvalue weighted by Crippen LogP contribution is -2.64. The third kappa shape index (κ3) is 2.69. The number of imide groups is 2. The fourth-order valence-electron chi connectivity index (χ4n) is 3.38. The van der Waals surface area contributed by atoms with Crippen molar-refractivity contribution in [3.8, 4) is 0 Å². The van der Waals surface area contributed by atoms with Crippen LogP contribution in [0.3, 0.4) is 0 Å². The first kappa shape index (κ1) is 15.9. The molecule has 0 bridgehead atoms. The Balaban J connectivity index is 2.13. The van der Waals surface area contributed by atoms with Crippen LogP contribution >= 0.6 is 0 Å². The molecule has 6 heteroatoms. The molecule has 0 aromatic carbocycles. The summed E-state index contributed by atoms with van der Waals surface area (Å²) in [4.78, 5) is 40.4. The highest BCUT2D eigenvalue weighted by Crippen LogP contribution is 2.33. The molecule has 4 amide bonds. The number of hydrogen-bond acceptors (Lipinski definition) is 4. The highest BCUT2D eigenvalue weighted by molar-refractivity contribution is 6.19. The number of barbiturate groups is 1. The van der Waals surface area contributed by atoms with Crippen molar-refractivity contribution in [2.75, 3.05) is 26.2 Å². The van der Waals surface area contributed by atoms with Gasteiger partial charge >= 0.3 is 6.03 Å². The number of nitrogens with one attached hydrogen (secondary N) is 1. The molecule has 2 rings (SSSR count). The zero-order chi connectivity index (χ0) is 15.6. The molecule has 2 saturated heterocycles. The maximum atomic E-state index is 12.7. The predicted molar refractivity (Wildman–Crippen MR) is 78.5 cm³/mol. The molecule has 2 aliphatic heterocycles. The number of carbonyl (C=O) groups is 3. The molecular weight excluding hydrogens is 270 g/mol. The summed E-state index contributed by atoms with van der Waals surface area (Å²) in [6, 6.07) is -0.558. The van der Waals surface area contributed by atoms with Gasteiger partial charge in [0.05, 0.1) is 0 Å². The predicted octanol–water partition coefficient (Wildman–Crippen LogP) is 1.21. The number of carbonyl (C=O) groups excluding carboxylic acids is 3. The zero-order valence-electron chi connectivity index (χ0n) is 13.1. The van der Waals surface area contributed by atoms with Gasteiger partial charge in [0.2, 0.25) is 11.8 Å². The Kier molecular flexibility index (Phi) is 4.66. The molecule has 6 nitrogen and oxygen atoms in total. The van der Waals surface area contributed by atoms with Gasteiger partial charge in [-0.25, -0.2) is 4.79 Å². The number of urea groups is 1. The second-order valence-corrected chi connectivity index (χ2v) is 6.01. The first-order valence-corrected chi connectivity index (χ1v) is 7.88. The summed E-state index contributed by atoms with van der Waals surface area (Å²) in [7, 11) is 0. The number of rotatable bonds is 5. The van der Waals surface area contributed by atoms with E-state index in [1.807, 2.05) is 13.8 Å². The van der Waals surface area contributed by atoms with Gasteiger partial charge in [-0.3, -0.25) is 19.8 Å². The van der Waals surface area contributed by atoms with Crippen molar-refractivity contribution in [3.05, 3.63) is 0 Å². The van der Waals surface area contributed by atoms with Gasteiger partial charge in [-0.15, -0.1) is 0 Å². The molecule has 0 aromatic heterocycles. The maximum absolute atomic E-state index is 12.7. The monoisotopic (exact) mass is 295 g/mol. The summed E-state index contributed by atoms with van der Waals surface area (Å²) in [5.41, 5.74) is -1.07. The van der Waals surface area contributed by atoms with E-state index in [1.54, 1.807) is 0 Å². The smallest absolute Gasteiger partial charge is 0.303 e. The van der Waals surface area contributed by atoms with Crippen molar-refractivity contribution in [1.29, 1.82) is 0 Å². The van der Waals surface area contributed by atoms with Gasteiger partial charge in [-0.2, -0.15) is 0 Å². The molecule has 1 atom stereocenters. The lowest BCUT2D eigenvalue weighted by atomic mass is 9.78. The van der Waals surface area contributed by atoms with Crippen LogP contribution in [0.15, 0.2) is 0 Å². The fraction of sp³-hybridized carbons (Fsp3) is 0.800. The van der Waals surface area contributed by atoms with E-state index in [0.717, 1.165) is 26.1 Å². The number of likely N-dealkylation sites (tertiary alicyclic amines) is 1.